The predicted octanol–water partition coefficient (Wildman–Crippen LogP) is 0.449. The molecule has 0 aromatic carbocycles. The number of amides is 1. The van der Waals surface area contributed by atoms with E-state index >= 15 is 0 Å². The van der Waals surface area contributed by atoms with Gasteiger partial charge in [-0.15, -0.1) is 0 Å². The smallest absolute Gasteiger partial charge is 0.310 e. The predicted molar refractivity (Wildman–Crippen MR) is 46.6 cm³/mol. The van der Waals surface area contributed by atoms with Crippen molar-refractivity contribution < 1.29 is 14.3 Å². The van der Waals surface area contributed by atoms with E-state index in [0.717, 1.165) is 0 Å². The molecule has 2 atom stereocenters. The molecule has 13 heavy (non-hydrogen) atoms. The third kappa shape index (κ3) is 2.72. The van der Waals surface area contributed by atoms with E-state index < -0.39 is 11.5 Å². The number of hydrogen-bond acceptors (Lipinski definition) is 3. The van der Waals surface area contributed by atoms with Crippen LogP contribution in [-0.2, 0) is 14.3 Å². The highest BCUT2D eigenvalue weighted by Crippen LogP contribution is 2.39. The van der Waals surface area contributed by atoms with Crippen molar-refractivity contribution in [3.8, 4) is 0 Å². The molecule has 4 nitrogen and oxygen atoms in total. The van der Waals surface area contributed by atoms with E-state index in [2.05, 4.69) is 0 Å². The average molecular weight is 185 g/mol. The normalized spacial score (nSPS) is 26.7. The highest BCUT2D eigenvalue weighted by Gasteiger charge is 2.48. The van der Waals surface area contributed by atoms with E-state index in [0.29, 0.717) is 6.42 Å². The van der Waals surface area contributed by atoms with Gasteiger partial charge in [0.2, 0.25) is 5.91 Å². The monoisotopic (exact) mass is 185 g/mol. The van der Waals surface area contributed by atoms with Crippen LogP contribution in [0.2, 0.25) is 0 Å². The molecule has 0 saturated heterocycles. The first-order valence-corrected chi connectivity index (χ1v) is 4.33. The van der Waals surface area contributed by atoms with Crippen LogP contribution in [0.15, 0.2) is 0 Å². The van der Waals surface area contributed by atoms with E-state index in [1.54, 1.807) is 20.8 Å². The molecule has 74 valence electrons. The summed E-state index contributed by atoms with van der Waals surface area (Å²) in [5.74, 6) is -1.31. The van der Waals surface area contributed by atoms with Crippen LogP contribution in [0.1, 0.15) is 27.2 Å². The molecule has 1 aliphatic rings. The van der Waals surface area contributed by atoms with Gasteiger partial charge in [-0.05, 0) is 27.2 Å². The largest absolute Gasteiger partial charge is 0.460 e. The van der Waals surface area contributed by atoms with E-state index in [-0.39, 0.29) is 17.8 Å². The van der Waals surface area contributed by atoms with Crippen LogP contribution < -0.4 is 5.73 Å². The summed E-state index contributed by atoms with van der Waals surface area (Å²) >= 11 is 0. The van der Waals surface area contributed by atoms with Gasteiger partial charge >= 0.3 is 5.97 Å². The van der Waals surface area contributed by atoms with E-state index in [1.165, 1.54) is 0 Å². The molecule has 0 aromatic rings. The standard InChI is InChI=1S/C9H15NO3/c1-9(2,3)13-8(12)6-4-5(6)7(10)11/h5-6H,4H2,1-3H3,(H2,10,11). The Morgan fingerprint density at radius 2 is 1.85 bits per heavy atom. The zero-order chi connectivity index (χ0) is 10.2. The molecule has 0 radical (unpaired) electrons. The number of carbonyl (C=O) groups is 2. The van der Waals surface area contributed by atoms with Crippen LogP contribution in [0.25, 0.3) is 0 Å². The number of rotatable bonds is 2. The quantitative estimate of drug-likeness (QED) is 0.635. The molecule has 2 unspecified atom stereocenters. The van der Waals surface area contributed by atoms with Crippen LogP contribution in [0.5, 0.6) is 0 Å². The molecule has 1 amide bonds. The van der Waals surface area contributed by atoms with Crippen molar-refractivity contribution in [2.45, 2.75) is 32.8 Å². The molecule has 1 fully saturated rings. The second kappa shape index (κ2) is 3.01. The molecule has 0 heterocycles. The lowest BCUT2D eigenvalue weighted by Crippen LogP contribution is -2.26. The van der Waals surface area contributed by atoms with Crippen molar-refractivity contribution in [1.29, 1.82) is 0 Å². The number of hydrogen-bond donors (Lipinski definition) is 1. The molecule has 1 rings (SSSR count). The van der Waals surface area contributed by atoms with Gasteiger partial charge in [-0.1, -0.05) is 0 Å². The SMILES string of the molecule is CC(C)(C)OC(=O)C1CC1C(N)=O. The first kappa shape index (κ1) is 10.0. The Balaban J connectivity index is 2.40. The first-order chi connectivity index (χ1) is 5.81. The topological polar surface area (TPSA) is 69.4 Å². The zero-order valence-corrected chi connectivity index (χ0v) is 8.16. The minimum absolute atomic E-state index is 0.295. The number of ether oxygens (including phenoxy) is 1. The van der Waals surface area contributed by atoms with Gasteiger partial charge in [0.1, 0.15) is 5.60 Å². The highest BCUT2D eigenvalue weighted by atomic mass is 16.6. The minimum Gasteiger partial charge on any atom is -0.460 e. The lowest BCUT2D eigenvalue weighted by atomic mass is 10.2. The molecule has 1 saturated carbocycles. The maximum absolute atomic E-state index is 11.3. The lowest BCUT2D eigenvalue weighted by Gasteiger charge is -2.19. The molecule has 0 bridgehead atoms. The van der Waals surface area contributed by atoms with Crippen molar-refractivity contribution in [3.05, 3.63) is 0 Å². The van der Waals surface area contributed by atoms with Crippen molar-refractivity contribution in [2.75, 3.05) is 0 Å². The summed E-state index contributed by atoms with van der Waals surface area (Å²) in [5, 5.41) is 0. The zero-order valence-electron chi connectivity index (χ0n) is 8.16. The fourth-order valence-corrected chi connectivity index (χ4v) is 1.15. The van der Waals surface area contributed by atoms with Crippen molar-refractivity contribution >= 4 is 11.9 Å². The molecule has 0 aromatic heterocycles. The Bertz CT molecular complexity index is 242. The summed E-state index contributed by atoms with van der Waals surface area (Å²) in [6.45, 7) is 5.39. The van der Waals surface area contributed by atoms with E-state index in [1.807, 2.05) is 0 Å². The molecule has 0 spiro atoms. The van der Waals surface area contributed by atoms with Crippen molar-refractivity contribution in [1.82, 2.24) is 0 Å². The maximum Gasteiger partial charge on any atom is 0.310 e. The molecular formula is C9H15NO3. The summed E-state index contributed by atoms with van der Waals surface area (Å²) in [6, 6.07) is 0. The van der Waals surface area contributed by atoms with Crippen LogP contribution in [0.4, 0.5) is 0 Å². The second-order valence-electron chi connectivity index (χ2n) is 4.38. The van der Waals surface area contributed by atoms with Gasteiger partial charge in [-0.2, -0.15) is 0 Å². The Hall–Kier alpha value is -1.06. The van der Waals surface area contributed by atoms with Gasteiger partial charge in [-0.25, -0.2) is 0 Å². The van der Waals surface area contributed by atoms with Gasteiger partial charge in [-0.3, -0.25) is 9.59 Å². The summed E-state index contributed by atoms with van der Waals surface area (Å²) in [4.78, 5) is 22.0. The van der Waals surface area contributed by atoms with E-state index in [4.69, 9.17) is 10.5 Å². The summed E-state index contributed by atoms with van der Waals surface area (Å²) < 4.78 is 5.10. The fourth-order valence-electron chi connectivity index (χ4n) is 1.15. The Morgan fingerprint density at radius 3 is 2.15 bits per heavy atom. The highest BCUT2D eigenvalue weighted by molar-refractivity contribution is 5.89. The fraction of sp³-hybridized carbons (Fsp3) is 0.778. The third-order valence-corrected chi connectivity index (χ3v) is 1.87. The molecular weight excluding hydrogens is 170 g/mol. The number of carbonyl (C=O) groups excluding carboxylic acids is 2. The molecule has 4 heteroatoms. The Labute approximate surface area is 77.4 Å². The summed E-state index contributed by atoms with van der Waals surface area (Å²) in [6.07, 6.45) is 0.546. The van der Waals surface area contributed by atoms with E-state index in [9.17, 15) is 9.59 Å². The molecule has 2 N–H and O–H groups in total. The van der Waals surface area contributed by atoms with Crippen LogP contribution >= 0.6 is 0 Å². The Morgan fingerprint density at radius 1 is 1.31 bits per heavy atom. The van der Waals surface area contributed by atoms with Crippen molar-refractivity contribution in [3.63, 3.8) is 0 Å². The second-order valence-corrected chi connectivity index (χ2v) is 4.38. The van der Waals surface area contributed by atoms with Crippen molar-refractivity contribution in [2.24, 2.45) is 17.6 Å². The number of nitrogens with two attached hydrogens (primary N) is 1. The lowest BCUT2D eigenvalue weighted by molar-refractivity contribution is -0.157. The minimum atomic E-state index is -0.484. The average Bonchev–Trinajstić information content (AvgIpc) is 2.58. The van der Waals surface area contributed by atoms with Gasteiger partial charge < -0.3 is 10.5 Å². The number of esters is 1. The van der Waals surface area contributed by atoms with Crippen LogP contribution in [0, 0.1) is 11.8 Å². The molecule has 0 aliphatic heterocycles. The van der Waals surface area contributed by atoms with Crippen LogP contribution in [-0.4, -0.2) is 17.5 Å². The van der Waals surface area contributed by atoms with Crippen LogP contribution in [0.3, 0.4) is 0 Å². The summed E-state index contributed by atoms with van der Waals surface area (Å²) in [7, 11) is 0. The summed E-state index contributed by atoms with van der Waals surface area (Å²) in [5.41, 5.74) is 4.56. The molecule has 1 aliphatic carbocycles. The van der Waals surface area contributed by atoms with Gasteiger partial charge in [0.25, 0.3) is 0 Å². The first-order valence-electron chi connectivity index (χ1n) is 4.33. The number of primary amides is 1. The maximum atomic E-state index is 11.3. The van der Waals surface area contributed by atoms with Gasteiger partial charge in [0.15, 0.2) is 0 Å². The van der Waals surface area contributed by atoms with Gasteiger partial charge in [0.05, 0.1) is 11.8 Å². The Kier molecular flexibility index (Phi) is 2.32. The third-order valence-electron chi connectivity index (χ3n) is 1.87. The van der Waals surface area contributed by atoms with Gasteiger partial charge in [0, 0.05) is 0 Å².